The highest BCUT2D eigenvalue weighted by Gasteiger charge is 2.23. The Morgan fingerprint density at radius 3 is 2.22 bits per heavy atom. The fraction of sp³-hybridized carbons (Fsp3) is 0.615. The number of esters is 1. The molecule has 0 spiro atoms. The second kappa shape index (κ2) is 9.82. The van der Waals surface area contributed by atoms with Gasteiger partial charge in [0, 0.05) is 6.08 Å². The van der Waals surface area contributed by atoms with Crippen molar-refractivity contribution < 1.29 is 23.7 Å². The summed E-state index contributed by atoms with van der Waals surface area (Å²) in [6.45, 7) is 10.1. The topological polar surface area (TPSA) is 60.6 Å². The minimum Gasteiger partial charge on any atom is -0.460 e. The van der Waals surface area contributed by atoms with Gasteiger partial charge in [0.15, 0.2) is 0 Å². The Hall–Kier alpha value is -1.17. The Labute approximate surface area is 108 Å². The predicted octanol–water partition coefficient (Wildman–Crippen LogP) is 1.34. The second-order valence-corrected chi connectivity index (χ2v) is 3.57. The molecule has 2 aliphatic heterocycles. The quantitative estimate of drug-likeness (QED) is 0.227. The van der Waals surface area contributed by atoms with Crippen molar-refractivity contribution in [1.29, 1.82) is 0 Å². The van der Waals surface area contributed by atoms with Gasteiger partial charge in [-0.3, -0.25) is 0 Å². The number of hydrogen-bond acceptors (Lipinski definition) is 5. The van der Waals surface area contributed by atoms with Crippen molar-refractivity contribution in [2.75, 3.05) is 33.0 Å². The van der Waals surface area contributed by atoms with Crippen LogP contribution in [0.15, 0.2) is 25.3 Å². The molecule has 0 saturated carbocycles. The van der Waals surface area contributed by atoms with Crippen LogP contribution in [0.2, 0.25) is 0 Å². The molecule has 0 N–H and O–H groups in total. The molecule has 104 valence electrons. The van der Waals surface area contributed by atoms with Gasteiger partial charge >= 0.3 is 5.97 Å². The third-order valence-electron chi connectivity index (χ3n) is 1.92. The first-order chi connectivity index (χ1) is 8.26. The zero-order chi connectivity index (χ0) is 12.5. The van der Waals surface area contributed by atoms with Gasteiger partial charge in [0.25, 0.3) is 0 Å². The Morgan fingerprint density at radius 1 is 1.22 bits per heavy atom. The summed E-state index contributed by atoms with van der Waals surface area (Å²) in [7, 11) is 0. The lowest BCUT2D eigenvalue weighted by Gasteiger charge is -1.94. The van der Waals surface area contributed by atoms with E-state index in [2.05, 4.69) is 17.9 Å². The highest BCUT2D eigenvalue weighted by atomic mass is 16.6. The molecule has 2 saturated heterocycles. The molecule has 2 rings (SSSR count). The van der Waals surface area contributed by atoms with E-state index in [1.54, 1.807) is 6.08 Å². The highest BCUT2D eigenvalue weighted by molar-refractivity contribution is 5.81. The zero-order valence-corrected chi connectivity index (χ0v) is 9.80. The standard InChI is InChI=1S/C6H8O3.C6H10O2.CH4/c1-2-6(7)9-4-5-3-8-5;1-2-3-7-4-6-5-8-6;/h2,5H,1,3-4H2;2,6H,1,3-5H2;1H4. The summed E-state index contributed by atoms with van der Waals surface area (Å²) in [5.74, 6) is -0.384. The van der Waals surface area contributed by atoms with E-state index in [4.69, 9.17) is 14.2 Å². The summed E-state index contributed by atoms with van der Waals surface area (Å²) >= 11 is 0. The molecule has 0 radical (unpaired) electrons. The van der Waals surface area contributed by atoms with Gasteiger partial charge in [-0.15, -0.1) is 6.58 Å². The number of carbonyl (C=O) groups excluding carboxylic acids is 1. The average Bonchev–Trinajstić information content (AvgIpc) is 3.20. The summed E-state index contributed by atoms with van der Waals surface area (Å²) in [6.07, 6.45) is 3.41. The van der Waals surface area contributed by atoms with E-state index in [9.17, 15) is 4.79 Å². The largest absolute Gasteiger partial charge is 0.460 e. The average molecular weight is 258 g/mol. The number of rotatable bonds is 7. The molecule has 2 atom stereocenters. The smallest absolute Gasteiger partial charge is 0.330 e. The first-order valence-corrected chi connectivity index (χ1v) is 5.47. The molecule has 0 aliphatic carbocycles. The summed E-state index contributed by atoms with van der Waals surface area (Å²) in [5.41, 5.74) is 0. The van der Waals surface area contributed by atoms with E-state index in [-0.39, 0.29) is 19.5 Å². The van der Waals surface area contributed by atoms with Crippen LogP contribution >= 0.6 is 0 Å². The maximum absolute atomic E-state index is 10.3. The zero-order valence-electron chi connectivity index (χ0n) is 9.80. The molecule has 0 aromatic carbocycles. The van der Waals surface area contributed by atoms with Crippen LogP contribution in [0.4, 0.5) is 0 Å². The van der Waals surface area contributed by atoms with Crippen molar-refractivity contribution in [3.63, 3.8) is 0 Å². The molecule has 2 fully saturated rings. The fourth-order valence-electron chi connectivity index (χ4n) is 0.845. The lowest BCUT2D eigenvalue weighted by atomic mass is 10.5. The molecule has 0 amide bonds. The van der Waals surface area contributed by atoms with Crippen LogP contribution in [0.1, 0.15) is 7.43 Å². The van der Waals surface area contributed by atoms with E-state index in [1.807, 2.05) is 0 Å². The molecular weight excluding hydrogens is 236 g/mol. The molecule has 5 nitrogen and oxygen atoms in total. The first-order valence-electron chi connectivity index (χ1n) is 5.47. The van der Waals surface area contributed by atoms with Crippen molar-refractivity contribution >= 4 is 5.97 Å². The van der Waals surface area contributed by atoms with Crippen molar-refractivity contribution in [2.45, 2.75) is 19.6 Å². The van der Waals surface area contributed by atoms with Gasteiger partial charge in [0.05, 0.1) is 26.4 Å². The highest BCUT2D eigenvalue weighted by Crippen LogP contribution is 2.08. The number of carbonyl (C=O) groups is 1. The second-order valence-electron chi connectivity index (χ2n) is 3.57. The maximum Gasteiger partial charge on any atom is 0.330 e. The van der Waals surface area contributed by atoms with Crippen molar-refractivity contribution in [3.05, 3.63) is 25.3 Å². The third-order valence-corrected chi connectivity index (χ3v) is 1.92. The molecule has 0 bridgehead atoms. The van der Waals surface area contributed by atoms with Crippen LogP contribution in [0, 0.1) is 0 Å². The number of epoxide rings is 2. The van der Waals surface area contributed by atoms with Crippen LogP contribution in [0.3, 0.4) is 0 Å². The Morgan fingerprint density at radius 2 is 1.78 bits per heavy atom. The SMILES string of the molecule is C.C=CC(=O)OCC1CO1.C=CCOCC1CO1. The van der Waals surface area contributed by atoms with Gasteiger partial charge < -0.3 is 18.9 Å². The summed E-state index contributed by atoms with van der Waals surface area (Å²) in [6, 6.07) is 0. The van der Waals surface area contributed by atoms with Crippen LogP contribution in [-0.2, 0) is 23.7 Å². The van der Waals surface area contributed by atoms with Crippen LogP contribution < -0.4 is 0 Å². The lowest BCUT2D eigenvalue weighted by Crippen LogP contribution is -2.06. The summed E-state index contributed by atoms with van der Waals surface area (Å²) in [4.78, 5) is 10.3. The molecule has 0 aromatic rings. The van der Waals surface area contributed by atoms with Crippen molar-refractivity contribution in [3.8, 4) is 0 Å². The fourth-order valence-corrected chi connectivity index (χ4v) is 0.845. The van der Waals surface area contributed by atoms with Gasteiger partial charge in [0.1, 0.15) is 18.8 Å². The van der Waals surface area contributed by atoms with E-state index in [0.717, 1.165) is 19.3 Å². The molecule has 18 heavy (non-hydrogen) atoms. The van der Waals surface area contributed by atoms with Crippen molar-refractivity contribution in [2.24, 2.45) is 0 Å². The summed E-state index contributed by atoms with van der Waals surface area (Å²) < 4.78 is 19.4. The predicted molar refractivity (Wildman–Crippen MR) is 68.4 cm³/mol. The van der Waals surface area contributed by atoms with Gasteiger partial charge in [-0.25, -0.2) is 4.79 Å². The van der Waals surface area contributed by atoms with Gasteiger partial charge in [-0.05, 0) is 0 Å². The van der Waals surface area contributed by atoms with Gasteiger partial charge in [0.2, 0.25) is 0 Å². The van der Waals surface area contributed by atoms with Gasteiger partial charge in [-0.2, -0.15) is 0 Å². The number of hydrogen-bond donors (Lipinski definition) is 0. The molecule has 0 aromatic heterocycles. The van der Waals surface area contributed by atoms with E-state index in [0.29, 0.717) is 25.9 Å². The Kier molecular flexibility index (Phi) is 9.18. The van der Waals surface area contributed by atoms with Crippen LogP contribution in [-0.4, -0.2) is 51.2 Å². The monoisotopic (exact) mass is 258 g/mol. The number of ether oxygens (including phenoxy) is 4. The van der Waals surface area contributed by atoms with Gasteiger partial charge in [-0.1, -0.05) is 20.1 Å². The maximum atomic E-state index is 10.3. The molecular formula is C13H22O5. The van der Waals surface area contributed by atoms with E-state index < -0.39 is 0 Å². The molecule has 2 aliphatic rings. The summed E-state index contributed by atoms with van der Waals surface area (Å²) in [5, 5.41) is 0. The van der Waals surface area contributed by atoms with E-state index >= 15 is 0 Å². The minimum absolute atomic E-state index is 0. The molecule has 2 heterocycles. The molecule has 5 heteroatoms. The molecule has 2 unspecified atom stereocenters. The Bertz CT molecular complexity index is 256. The Balaban J connectivity index is 0.000000306. The normalized spacial score (nSPS) is 22.7. The first kappa shape index (κ1) is 16.8. The van der Waals surface area contributed by atoms with Crippen LogP contribution in [0.25, 0.3) is 0 Å². The minimum atomic E-state index is -0.384. The van der Waals surface area contributed by atoms with E-state index in [1.165, 1.54) is 0 Å². The third kappa shape index (κ3) is 10.0. The lowest BCUT2D eigenvalue weighted by molar-refractivity contribution is -0.138. The van der Waals surface area contributed by atoms with Crippen molar-refractivity contribution in [1.82, 2.24) is 0 Å². The van der Waals surface area contributed by atoms with Crippen LogP contribution in [0.5, 0.6) is 0 Å².